The SMILES string of the molecule is C#CC#Cc1c2ccccc2cc2ccccc12. The van der Waals surface area contributed by atoms with Gasteiger partial charge in [0.15, 0.2) is 0 Å². The highest BCUT2D eigenvalue weighted by Gasteiger charge is 2.04. The summed E-state index contributed by atoms with van der Waals surface area (Å²) in [4.78, 5) is 0. The van der Waals surface area contributed by atoms with E-state index in [9.17, 15) is 0 Å². The number of hydrogen-bond acceptors (Lipinski definition) is 0. The van der Waals surface area contributed by atoms with Crippen molar-refractivity contribution >= 4 is 21.5 Å². The van der Waals surface area contributed by atoms with Crippen molar-refractivity contribution in [3.8, 4) is 24.2 Å². The van der Waals surface area contributed by atoms with Gasteiger partial charge >= 0.3 is 0 Å². The van der Waals surface area contributed by atoms with Crippen LogP contribution in [0, 0.1) is 24.2 Å². The Morgan fingerprint density at radius 3 is 1.89 bits per heavy atom. The number of terminal acetylenes is 1. The number of rotatable bonds is 0. The van der Waals surface area contributed by atoms with Crippen LogP contribution in [0.5, 0.6) is 0 Å². The summed E-state index contributed by atoms with van der Waals surface area (Å²) in [6.45, 7) is 0. The molecule has 3 aromatic carbocycles. The molecule has 18 heavy (non-hydrogen) atoms. The topological polar surface area (TPSA) is 0 Å². The van der Waals surface area contributed by atoms with E-state index in [0.29, 0.717) is 0 Å². The van der Waals surface area contributed by atoms with Gasteiger partial charge in [-0.05, 0) is 39.5 Å². The first-order valence-corrected chi connectivity index (χ1v) is 5.77. The van der Waals surface area contributed by atoms with Gasteiger partial charge in [0.05, 0.1) is 0 Å². The lowest BCUT2D eigenvalue weighted by Crippen LogP contribution is -1.84. The van der Waals surface area contributed by atoms with E-state index >= 15 is 0 Å². The molecular weight excluding hydrogens is 216 g/mol. The van der Waals surface area contributed by atoms with Crippen LogP contribution in [0.1, 0.15) is 5.56 Å². The molecule has 0 saturated heterocycles. The van der Waals surface area contributed by atoms with E-state index in [1.54, 1.807) is 0 Å². The highest BCUT2D eigenvalue weighted by atomic mass is 14.1. The van der Waals surface area contributed by atoms with Gasteiger partial charge in [-0.25, -0.2) is 0 Å². The molecule has 0 atom stereocenters. The van der Waals surface area contributed by atoms with Gasteiger partial charge in [-0.15, -0.1) is 6.42 Å². The van der Waals surface area contributed by atoms with E-state index in [2.05, 4.69) is 48.1 Å². The molecule has 3 rings (SSSR count). The molecule has 0 bridgehead atoms. The minimum atomic E-state index is 1.02. The van der Waals surface area contributed by atoms with Gasteiger partial charge in [0, 0.05) is 5.56 Å². The Kier molecular flexibility index (Phi) is 2.49. The molecule has 0 saturated carbocycles. The third-order valence-electron chi connectivity index (χ3n) is 3.03. The van der Waals surface area contributed by atoms with Gasteiger partial charge in [0.1, 0.15) is 0 Å². The van der Waals surface area contributed by atoms with E-state index in [1.165, 1.54) is 10.8 Å². The number of hydrogen-bond donors (Lipinski definition) is 0. The van der Waals surface area contributed by atoms with Crippen molar-refractivity contribution in [1.82, 2.24) is 0 Å². The van der Waals surface area contributed by atoms with E-state index in [-0.39, 0.29) is 0 Å². The monoisotopic (exact) mass is 226 g/mol. The normalized spacial score (nSPS) is 9.72. The molecule has 0 aliphatic carbocycles. The molecule has 82 valence electrons. The molecule has 0 heterocycles. The molecule has 0 spiro atoms. The van der Waals surface area contributed by atoms with Crippen LogP contribution in [-0.4, -0.2) is 0 Å². The second-order valence-corrected chi connectivity index (χ2v) is 4.09. The lowest BCUT2D eigenvalue weighted by Gasteiger charge is -2.06. The van der Waals surface area contributed by atoms with Crippen LogP contribution in [0.4, 0.5) is 0 Å². The van der Waals surface area contributed by atoms with Gasteiger partial charge in [-0.1, -0.05) is 54.5 Å². The minimum absolute atomic E-state index is 1.02. The fourth-order valence-electron chi connectivity index (χ4n) is 2.25. The van der Waals surface area contributed by atoms with E-state index in [0.717, 1.165) is 16.3 Å². The molecule has 0 aliphatic rings. The largest absolute Gasteiger partial charge is 0.106 e. The van der Waals surface area contributed by atoms with Crippen LogP contribution in [0.15, 0.2) is 54.6 Å². The van der Waals surface area contributed by atoms with Gasteiger partial charge in [0.2, 0.25) is 0 Å². The Morgan fingerprint density at radius 1 is 0.778 bits per heavy atom. The predicted octanol–water partition coefficient (Wildman–Crippen LogP) is 3.98. The molecule has 0 aliphatic heterocycles. The summed E-state index contributed by atoms with van der Waals surface area (Å²) in [6.07, 6.45) is 5.24. The Bertz CT molecular complexity index is 782. The summed E-state index contributed by atoms with van der Waals surface area (Å²) in [5, 5.41) is 4.69. The maximum atomic E-state index is 5.24. The lowest BCUT2D eigenvalue weighted by atomic mass is 9.97. The standard InChI is InChI=1S/C18H10/c1-2-3-10-18-16-11-6-4-8-14(16)13-15-9-5-7-12-17(15)18/h1,4-9,11-13H. The quantitative estimate of drug-likeness (QED) is 0.402. The zero-order valence-electron chi connectivity index (χ0n) is 9.77. The number of fused-ring (bicyclic) bond motifs is 2. The van der Waals surface area contributed by atoms with Crippen molar-refractivity contribution in [2.24, 2.45) is 0 Å². The van der Waals surface area contributed by atoms with Crippen LogP contribution in [-0.2, 0) is 0 Å². The van der Waals surface area contributed by atoms with Crippen molar-refractivity contribution in [2.45, 2.75) is 0 Å². The van der Waals surface area contributed by atoms with Crippen LogP contribution < -0.4 is 0 Å². The highest BCUT2D eigenvalue weighted by molar-refractivity contribution is 6.04. The van der Waals surface area contributed by atoms with E-state index in [1.807, 2.05) is 24.3 Å². The molecule has 0 amide bonds. The molecule has 3 aromatic rings. The van der Waals surface area contributed by atoms with Crippen molar-refractivity contribution < 1.29 is 0 Å². The summed E-state index contributed by atoms with van der Waals surface area (Å²) in [6, 6.07) is 18.7. The first-order valence-electron chi connectivity index (χ1n) is 5.77. The minimum Gasteiger partial charge on any atom is -0.106 e. The third-order valence-corrected chi connectivity index (χ3v) is 3.03. The zero-order chi connectivity index (χ0) is 12.4. The van der Waals surface area contributed by atoms with Crippen molar-refractivity contribution in [3.63, 3.8) is 0 Å². The van der Waals surface area contributed by atoms with Gasteiger partial charge < -0.3 is 0 Å². The molecule has 0 radical (unpaired) electrons. The van der Waals surface area contributed by atoms with Gasteiger partial charge in [-0.3, -0.25) is 0 Å². The highest BCUT2D eigenvalue weighted by Crippen LogP contribution is 2.27. The third kappa shape index (κ3) is 1.61. The molecule has 0 heteroatoms. The predicted molar refractivity (Wildman–Crippen MR) is 77.2 cm³/mol. The summed E-state index contributed by atoms with van der Waals surface area (Å²) in [5.41, 5.74) is 1.02. The van der Waals surface area contributed by atoms with E-state index in [4.69, 9.17) is 6.42 Å². The average molecular weight is 226 g/mol. The second kappa shape index (κ2) is 4.28. The number of benzene rings is 3. The summed E-state index contributed by atoms with van der Waals surface area (Å²) in [7, 11) is 0. The van der Waals surface area contributed by atoms with Crippen LogP contribution in [0.25, 0.3) is 21.5 Å². The zero-order valence-corrected chi connectivity index (χ0v) is 9.77. The Balaban J connectivity index is 2.54. The first kappa shape index (κ1) is 10.5. The fraction of sp³-hybridized carbons (Fsp3) is 0. The van der Waals surface area contributed by atoms with Crippen LogP contribution in [0.3, 0.4) is 0 Å². The average Bonchev–Trinajstić information content (AvgIpc) is 2.43. The van der Waals surface area contributed by atoms with Crippen molar-refractivity contribution in [2.75, 3.05) is 0 Å². The Labute approximate surface area is 106 Å². The van der Waals surface area contributed by atoms with Crippen molar-refractivity contribution in [3.05, 3.63) is 60.2 Å². The Morgan fingerprint density at radius 2 is 1.33 bits per heavy atom. The molecule has 0 fully saturated rings. The van der Waals surface area contributed by atoms with Crippen LogP contribution in [0.2, 0.25) is 0 Å². The molecule has 0 nitrogen and oxygen atoms in total. The fourth-order valence-corrected chi connectivity index (χ4v) is 2.25. The molecule has 0 aromatic heterocycles. The van der Waals surface area contributed by atoms with E-state index < -0.39 is 0 Å². The Hall–Kier alpha value is -2.70. The molecule has 0 unspecified atom stereocenters. The second-order valence-electron chi connectivity index (χ2n) is 4.09. The summed E-state index contributed by atoms with van der Waals surface area (Å²) in [5.74, 6) is 8.21. The molecular formula is C18H10. The maximum Gasteiger partial charge on any atom is 0.0412 e. The molecule has 0 N–H and O–H groups in total. The maximum absolute atomic E-state index is 5.24. The smallest absolute Gasteiger partial charge is 0.0412 e. The summed E-state index contributed by atoms with van der Waals surface area (Å²) < 4.78 is 0. The van der Waals surface area contributed by atoms with Gasteiger partial charge in [-0.2, -0.15) is 0 Å². The van der Waals surface area contributed by atoms with Crippen LogP contribution >= 0.6 is 0 Å². The first-order chi connectivity index (χ1) is 8.90. The lowest BCUT2D eigenvalue weighted by molar-refractivity contribution is 1.73. The van der Waals surface area contributed by atoms with Gasteiger partial charge in [0.25, 0.3) is 0 Å². The van der Waals surface area contributed by atoms with Crippen molar-refractivity contribution in [1.29, 1.82) is 0 Å². The summed E-state index contributed by atoms with van der Waals surface area (Å²) >= 11 is 0.